The molecule has 19 heavy (non-hydrogen) atoms. The molecule has 2 N–H and O–H groups in total. The molecule has 0 fully saturated rings. The SMILES string of the molecule is Cc1cc(OCc2ccoc2CN)ccc1C(C)C. The van der Waals surface area contributed by atoms with Crippen molar-refractivity contribution in [1.82, 2.24) is 0 Å². The van der Waals surface area contributed by atoms with Gasteiger partial charge in [-0.1, -0.05) is 19.9 Å². The van der Waals surface area contributed by atoms with E-state index < -0.39 is 0 Å². The second kappa shape index (κ2) is 5.93. The van der Waals surface area contributed by atoms with Gasteiger partial charge in [-0.2, -0.15) is 0 Å². The number of hydrogen-bond acceptors (Lipinski definition) is 3. The van der Waals surface area contributed by atoms with Crippen molar-refractivity contribution in [2.75, 3.05) is 0 Å². The summed E-state index contributed by atoms with van der Waals surface area (Å²) in [5.74, 6) is 2.20. The van der Waals surface area contributed by atoms with Gasteiger partial charge in [-0.3, -0.25) is 0 Å². The summed E-state index contributed by atoms with van der Waals surface area (Å²) >= 11 is 0. The molecule has 0 aliphatic heterocycles. The van der Waals surface area contributed by atoms with Crippen LogP contribution in [0.2, 0.25) is 0 Å². The van der Waals surface area contributed by atoms with Gasteiger partial charge in [-0.25, -0.2) is 0 Å². The first-order valence-corrected chi connectivity index (χ1v) is 6.60. The third kappa shape index (κ3) is 3.18. The summed E-state index contributed by atoms with van der Waals surface area (Å²) in [6, 6.07) is 8.13. The summed E-state index contributed by atoms with van der Waals surface area (Å²) in [4.78, 5) is 0. The maximum absolute atomic E-state index is 5.79. The van der Waals surface area contributed by atoms with Crippen molar-refractivity contribution in [3.05, 3.63) is 53.0 Å². The zero-order chi connectivity index (χ0) is 13.8. The molecule has 0 spiro atoms. The predicted octanol–water partition coefficient (Wildman–Crippen LogP) is 3.75. The Morgan fingerprint density at radius 1 is 1.26 bits per heavy atom. The van der Waals surface area contributed by atoms with E-state index in [9.17, 15) is 0 Å². The normalized spacial score (nSPS) is 11.0. The first kappa shape index (κ1) is 13.7. The zero-order valence-electron chi connectivity index (χ0n) is 11.8. The lowest BCUT2D eigenvalue weighted by atomic mass is 9.98. The van der Waals surface area contributed by atoms with Gasteiger partial charge in [0.05, 0.1) is 12.8 Å². The van der Waals surface area contributed by atoms with E-state index in [1.807, 2.05) is 12.1 Å². The molecular formula is C16H21NO2. The first-order valence-electron chi connectivity index (χ1n) is 6.60. The minimum absolute atomic E-state index is 0.400. The van der Waals surface area contributed by atoms with Gasteiger partial charge < -0.3 is 14.9 Å². The van der Waals surface area contributed by atoms with Gasteiger partial charge in [0, 0.05) is 5.56 Å². The topological polar surface area (TPSA) is 48.4 Å². The molecule has 0 radical (unpaired) electrons. The monoisotopic (exact) mass is 259 g/mol. The Kier molecular flexibility index (Phi) is 4.27. The zero-order valence-corrected chi connectivity index (χ0v) is 11.8. The fourth-order valence-electron chi connectivity index (χ4n) is 2.22. The van der Waals surface area contributed by atoms with Gasteiger partial charge in [0.2, 0.25) is 0 Å². The van der Waals surface area contributed by atoms with Crippen molar-refractivity contribution in [1.29, 1.82) is 0 Å². The van der Waals surface area contributed by atoms with Crippen LogP contribution in [0.4, 0.5) is 0 Å². The summed E-state index contributed by atoms with van der Waals surface area (Å²) in [6.07, 6.45) is 1.65. The molecule has 1 aromatic carbocycles. The van der Waals surface area contributed by atoms with Crippen LogP contribution in [0.5, 0.6) is 5.75 Å². The van der Waals surface area contributed by atoms with E-state index in [4.69, 9.17) is 14.9 Å². The lowest BCUT2D eigenvalue weighted by molar-refractivity contribution is 0.302. The number of ether oxygens (including phenoxy) is 1. The molecule has 102 valence electrons. The maximum atomic E-state index is 5.79. The Morgan fingerprint density at radius 3 is 2.68 bits per heavy atom. The average Bonchev–Trinajstić information content (AvgIpc) is 2.83. The standard InChI is InChI=1S/C16H21NO2/c1-11(2)15-5-4-14(8-12(15)3)19-10-13-6-7-18-16(13)9-17/h4-8,11H,9-10,17H2,1-3H3. The number of nitrogens with two attached hydrogens (primary N) is 1. The van der Waals surface area contributed by atoms with Gasteiger partial charge in [0.15, 0.2) is 0 Å². The molecule has 2 aromatic rings. The number of furan rings is 1. The van der Waals surface area contributed by atoms with Gasteiger partial charge in [0.1, 0.15) is 18.1 Å². The smallest absolute Gasteiger partial charge is 0.123 e. The van der Waals surface area contributed by atoms with Crippen LogP contribution in [0.15, 0.2) is 34.9 Å². The van der Waals surface area contributed by atoms with Crippen LogP contribution in [0.1, 0.15) is 42.2 Å². The second-order valence-electron chi connectivity index (χ2n) is 5.03. The van der Waals surface area contributed by atoms with E-state index in [2.05, 4.69) is 32.9 Å². The van der Waals surface area contributed by atoms with Gasteiger partial charge in [-0.15, -0.1) is 0 Å². The Labute approximate surface area is 114 Å². The van der Waals surface area contributed by atoms with Crippen LogP contribution in [-0.4, -0.2) is 0 Å². The molecule has 0 saturated heterocycles. The third-order valence-electron chi connectivity index (χ3n) is 3.28. The predicted molar refractivity (Wildman–Crippen MR) is 76.2 cm³/mol. The number of aryl methyl sites for hydroxylation is 1. The fraction of sp³-hybridized carbons (Fsp3) is 0.375. The molecule has 1 heterocycles. The number of benzene rings is 1. The minimum atomic E-state index is 0.400. The Balaban J connectivity index is 2.06. The Morgan fingerprint density at radius 2 is 2.05 bits per heavy atom. The Hall–Kier alpha value is -1.74. The molecule has 3 heteroatoms. The second-order valence-corrected chi connectivity index (χ2v) is 5.03. The molecule has 3 nitrogen and oxygen atoms in total. The van der Waals surface area contributed by atoms with Crippen molar-refractivity contribution < 1.29 is 9.15 Å². The molecule has 0 aliphatic rings. The summed E-state index contributed by atoms with van der Waals surface area (Å²) in [7, 11) is 0. The van der Waals surface area contributed by atoms with Crippen molar-refractivity contribution in [2.45, 2.75) is 39.8 Å². The summed E-state index contributed by atoms with van der Waals surface area (Å²) in [6.45, 7) is 7.40. The lowest BCUT2D eigenvalue weighted by Gasteiger charge is -2.12. The maximum Gasteiger partial charge on any atom is 0.123 e. The highest BCUT2D eigenvalue weighted by Gasteiger charge is 2.07. The van der Waals surface area contributed by atoms with Crippen molar-refractivity contribution >= 4 is 0 Å². The van der Waals surface area contributed by atoms with Gasteiger partial charge >= 0.3 is 0 Å². The quantitative estimate of drug-likeness (QED) is 0.889. The van der Waals surface area contributed by atoms with E-state index in [1.165, 1.54) is 11.1 Å². The third-order valence-corrected chi connectivity index (χ3v) is 3.28. The molecular weight excluding hydrogens is 238 g/mol. The molecule has 0 saturated carbocycles. The van der Waals surface area contributed by atoms with E-state index in [0.717, 1.165) is 17.1 Å². The van der Waals surface area contributed by atoms with Crippen LogP contribution in [0, 0.1) is 6.92 Å². The lowest BCUT2D eigenvalue weighted by Crippen LogP contribution is -2.02. The van der Waals surface area contributed by atoms with E-state index in [0.29, 0.717) is 19.1 Å². The first-order chi connectivity index (χ1) is 9.11. The fourth-order valence-corrected chi connectivity index (χ4v) is 2.22. The average molecular weight is 259 g/mol. The van der Waals surface area contributed by atoms with Crippen molar-refractivity contribution in [2.24, 2.45) is 5.73 Å². The van der Waals surface area contributed by atoms with Crippen molar-refractivity contribution in [3.63, 3.8) is 0 Å². The summed E-state index contributed by atoms with van der Waals surface area (Å²) < 4.78 is 11.1. The van der Waals surface area contributed by atoms with E-state index in [-0.39, 0.29) is 0 Å². The number of rotatable bonds is 5. The van der Waals surface area contributed by atoms with Gasteiger partial charge in [0.25, 0.3) is 0 Å². The van der Waals surface area contributed by atoms with E-state index >= 15 is 0 Å². The molecule has 0 atom stereocenters. The van der Waals surface area contributed by atoms with E-state index in [1.54, 1.807) is 6.26 Å². The highest BCUT2D eigenvalue weighted by atomic mass is 16.5. The Bertz CT molecular complexity index is 543. The highest BCUT2D eigenvalue weighted by molar-refractivity contribution is 5.36. The van der Waals surface area contributed by atoms with Crippen LogP contribution in [-0.2, 0) is 13.2 Å². The molecule has 2 rings (SSSR count). The summed E-state index contributed by atoms with van der Waals surface area (Å²) in [5, 5.41) is 0. The van der Waals surface area contributed by atoms with Crippen molar-refractivity contribution in [3.8, 4) is 5.75 Å². The minimum Gasteiger partial charge on any atom is -0.489 e. The molecule has 0 unspecified atom stereocenters. The summed E-state index contributed by atoms with van der Waals surface area (Å²) in [5.41, 5.74) is 9.22. The van der Waals surface area contributed by atoms with Crippen LogP contribution in [0.25, 0.3) is 0 Å². The number of hydrogen-bond donors (Lipinski definition) is 1. The largest absolute Gasteiger partial charge is 0.489 e. The molecule has 0 amide bonds. The van der Waals surface area contributed by atoms with Crippen LogP contribution < -0.4 is 10.5 Å². The van der Waals surface area contributed by atoms with Crippen LogP contribution in [0.3, 0.4) is 0 Å². The molecule has 1 aromatic heterocycles. The molecule has 0 aliphatic carbocycles. The highest BCUT2D eigenvalue weighted by Crippen LogP contribution is 2.24. The van der Waals surface area contributed by atoms with Gasteiger partial charge in [-0.05, 0) is 42.2 Å². The molecule has 0 bridgehead atoms. The van der Waals surface area contributed by atoms with Crippen LogP contribution >= 0.6 is 0 Å².